The highest BCUT2D eigenvalue weighted by Crippen LogP contribution is 2.18. The third-order valence-electron chi connectivity index (χ3n) is 2.09. The molecule has 0 aliphatic heterocycles. The average Bonchev–Trinajstić information content (AvgIpc) is 2.27. The van der Waals surface area contributed by atoms with Crippen molar-refractivity contribution < 1.29 is 22.7 Å². The van der Waals surface area contributed by atoms with Gasteiger partial charge in [0.2, 0.25) is 10.0 Å². The predicted molar refractivity (Wildman–Crippen MR) is 60.8 cm³/mol. The number of halogens is 1. The van der Waals surface area contributed by atoms with Gasteiger partial charge in [-0.25, -0.2) is 12.8 Å². The first-order chi connectivity index (χ1) is 7.86. The first-order valence-corrected chi connectivity index (χ1v) is 6.45. The molecule has 0 saturated carbocycles. The summed E-state index contributed by atoms with van der Waals surface area (Å²) in [4.78, 5) is 10.6. The second-order valence-corrected chi connectivity index (χ2v) is 5.46. The Morgan fingerprint density at radius 3 is 2.29 bits per heavy atom. The van der Waals surface area contributed by atoms with Crippen molar-refractivity contribution in [3.8, 4) is 0 Å². The Morgan fingerprint density at radius 1 is 1.35 bits per heavy atom. The zero-order valence-electron chi connectivity index (χ0n) is 9.13. The van der Waals surface area contributed by atoms with Crippen LogP contribution in [-0.2, 0) is 14.8 Å². The first kappa shape index (κ1) is 13.4. The van der Waals surface area contributed by atoms with Gasteiger partial charge in [-0.15, -0.1) is 0 Å². The Kier molecular flexibility index (Phi) is 4.06. The van der Waals surface area contributed by atoms with Crippen LogP contribution in [-0.4, -0.2) is 31.8 Å². The number of benzene rings is 1. The molecule has 0 amide bonds. The molecule has 17 heavy (non-hydrogen) atoms. The molecule has 1 N–H and O–H groups in total. The maximum Gasteiger partial charge on any atom is 0.324 e. The predicted octanol–water partition coefficient (Wildman–Crippen LogP) is 1.07. The highest BCUT2D eigenvalue weighted by atomic mass is 32.2. The van der Waals surface area contributed by atoms with E-state index in [1.165, 1.54) is 19.1 Å². The van der Waals surface area contributed by atoms with Crippen molar-refractivity contribution in [3.05, 3.63) is 30.1 Å². The Morgan fingerprint density at radius 2 is 1.88 bits per heavy atom. The first-order valence-electron chi connectivity index (χ1n) is 4.84. The van der Waals surface area contributed by atoms with E-state index in [1.807, 2.05) is 0 Å². The van der Waals surface area contributed by atoms with Crippen molar-refractivity contribution in [2.45, 2.75) is 6.92 Å². The molecule has 0 bridgehead atoms. The van der Waals surface area contributed by atoms with Crippen LogP contribution in [0.5, 0.6) is 0 Å². The second-order valence-electron chi connectivity index (χ2n) is 3.28. The van der Waals surface area contributed by atoms with Gasteiger partial charge in [0.25, 0.3) is 0 Å². The smallest absolute Gasteiger partial charge is 0.324 e. The van der Waals surface area contributed by atoms with Crippen molar-refractivity contribution in [1.29, 1.82) is 0 Å². The van der Waals surface area contributed by atoms with Crippen LogP contribution in [0.15, 0.2) is 24.3 Å². The number of hydrogen-bond acceptors (Lipinski definition) is 3. The van der Waals surface area contributed by atoms with Crippen molar-refractivity contribution >= 4 is 21.7 Å². The molecule has 0 saturated heterocycles. The fourth-order valence-corrected chi connectivity index (χ4v) is 2.30. The summed E-state index contributed by atoms with van der Waals surface area (Å²) in [6.45, 7) is 0.732. The number of carbonyl (C=O) groups is 1. The van der Waals surface area contributed by atoms with E-state index >= 15 is 0 Å². The summed E-state index contributed by atoms with van der Waals surface area (Å²) >= 11 is 0. The van der Waals surface area contributed by atoms with E-state index in [9.17, 15) is 17.6 Å². The van der Waals surface area contributed by atoms with Gasteiger partial charge in [0.05, 0.1) is 11.4 Å². The number of rotatable bonds is 5. The Bertz CT molecular complexity index is 498. The van der Waals surface area contributed by atoms with Gasteiger partial charge >= 0.3 is 5.97 Å². The lowest BCUT2D eigenvalue weighted by Gasteiger charge is -2.21. The molecule has 5 nitrogen and oxygen atoms in total. The van der Waals surface area contributed by atoms with Gasteiger partial charge in [0.15, 0.2) is 0 Å². The third-order valence-corrected chi connectivity index (χ3v) is 3.84. The lowest BCUT2D eigenvalue weighted by molar-refractivity contribution is -0.135. The lowest BCUT2D eigenvalue weighted by Crippen LogP contribution is -2.36. The minimum Gasteiger partial charge on any atom is -0.480 e. The summed E-state index contributed by atoms with van der Waals surface area (Å²) in [5.74, 6) is -2.01. The van der Waals surface area contributed by atoms with Crippen LogP contribution in [0.1, 0.15) is 6.92 Å². The van der Waals surface area contributed by atoms with E-state index < -0.39 is 28.4 Å². The van der Waals surface area contributed by atoms with Gasteiger partial charge in [0.1, 0.15) is 12.4 Å². The molecule has 94 valence electrons. The lowest BCUT2D eigenvalue weighted by atomic mass is 10.3. The standard InChI is InChI=1S/C10H12FNO4S/c1-2-17(15,16)12(7-10(13)14)9-5-3-8(11)4-6-9/h3-6H,2,7H2,1H3,(H,13,14). The SMILES string of the molecule is CCS(=O)(=O)N(CC(=O)O)c1ccc(F)cc1. The van der Waals surface area contributed by atoms with Crippen LogP contribution >= 0.6 is 0 Å². The van der Waals surface area contributed by atoms with Gasteiger partial charge < -0.3 is 5.11 Å². The summed E-state index contributed by atoms with van der Waals surface area (Å²) < 4.78 is 36.8. The highest BCUT2D eigenvalue weighted by Gasteiger charge is 2.22. The molecule has 0 heterocycles. The Balaban J connectivity index is 3.15. The number of hydrogen-bond donors (Lipinski definition) is 1. The van der Waals surface area contributed by atoms with Crippen molar-refractivity contribution in [1.82, 2.24) is 0 Å². The molecule has 0 spiro atoms. The molecule has 0 aliphatic carbocycles. The zero-order valence-corrected chi connectivity index (χ0v) is 9.95. The van der Waals surface area contributed by atoms with Gasteiger partial charge in [0, 0.05) is 0 Å². The molecule has 0 atom stereocenters. The number of aliphatic carboxylic acids is 1. The van der Waals surface area contributed by atoms with Crippen LogP contribution in [0.25, 0.3) is 0 Å². The minimum atomic E-state index is -3.69. The van der Waals surface area contributed by atoms with E-state index in [1.54, 1.807) is 0 Å². The number of carboxylic acid groups (broad SMARTS) is 1. The van der Waals surface area contributed by atoms with Crippen molar-refractivity contribution in [3.63, 3.8) is 0 Å². The maximum absolute atomic E-state index is 12.7. The molecule has 1 rings (SSSR count). The van der Waals surface area contributed by atoms with Crippen molar-refractivity contribution in [2.75, 3.05) is 16.6 Å². The Hall–Kier alpha value is -1.63. The van der Waals surface area contributed by atoms with Gasteiger partial charge in [-0.1, -0.05) is 0 Å². The van der Waals surface area contributed by atoms with E-state index in [0.29, 0.717) is 0 Å². The molecule has 0 aliphatic rings. The number of nitrogens with zero attached hydrogens (tertiary/aromatic N) is 1. The van der Waals surface area contributed by atoms with Crippen LogP contribution in [0.4, 0.5) is 10.1 Å². The molecular formula is C10H12FNO4S. The highest BCUT2D eigenvalue weighted by molar-refractivity contribution is 7.92. The van der Waals surface area contributed by atoms with Gasteiger partial charge in [-0.3, -0.25) is 9.10 Å². The molecule has 0 unspecified atom stereocenters. The molecule has 7 heteroatoms. The van der Waals surface area contributed by atoms with E-state index in [4.69, 9.17) is 5.11 Å². The molecular weight excluding hydrogens is 249 g/mol. The Labute approximate surface area is 98.5 Å². The summed E-state index contributed by atoms with van der Waals surface area (Å²) in [6, 6.07) is 4.61. The largest absolute Gasteiger partial charge is 0.480 e. The number of sulfonamides is 1. The van der Waals surface area contributed by atoms with Crippen LogP contribution in [0.3, 0.4) is 0 Å². The minimum absolute atomic E-state index is 0.135. The number of anilines is 1. The average molecular weight is 261 g/mol. The molecule has 1 aromatic carbocycles. The van der Waals surface area contributed by atoms with Crippen LogP contribution < -0.4 is 4.31 Å². The summed E-state index contributed by atoms with van der Waals surface area (Å²) in [6.07, 6.45) is 0. The van der Waals surface area contributed by atoms with E-state index in [0.717, 1.165) is 16.4 Å². The summed E-state index contributed by atoms with van der Waals surface area (Å²) in [5, 5.41) is 8.68. The topological polar surface area (TPSA) is 74.7 Å². The molecule has 0 radical (unpaired) electrons. The maximum atomic E-state index is 12.7. The quantitative estimate of drug-likeness (QED) is 0.860. The zero-order chi connectivity index (χ0) is 13.1. The molecule has 0 aromatic heterocycles. The summed E-state index contributed by atoms with van der Waals surface area (Å²) in [7, 11) is -3.69. The van der Waals surface area contributed by atoms with Gasteiger partial charge in [-0.2, -0.15) is 0 Å². The normalized spacial score (nSPS) is 11.2. The fourth-order valence-electron chi connectivity index (χ4n) is 1.24. The monoisotopic (exact) mass is 261 g/mol. The van der Waals surface area contributed by atoms with Crippen molar-refractivity contribution in [2.24, 2.45) is 0 Å². The van der Waals surface area contributed by atoms with E-state index in [-0.39, 0.29) is 11.4 Å². The molecule has 0 fully saturated rings. The summed E-state index contributed by atoms with van der Waals surface area (Å²) in [5.41, 5.74) is 0.135. The fraction of sp³-hybridized carbons (Fsp3) is 0.300. The van der Waals surface area contributed by atoms with Crippen LogP contribution in [0, 0.1) is 5.82 Å². The van der Waals surface area contributed by atoms with Crippen LogP contribution in [0.2, 0.25) is 0 Å². The molecule has 1 aromatic rings. The third kappa shape index (κ3) is 3.42. The number of carboxylic acids is 1. The second kappa shape index (κ2) is 5.13. The van der Waals surface area contributed by atoms with Gasteiger partial charge in [-0.05, 0) is 31.2 Å². The van der Waals surface area contributed by atoms with E-state index in [2.05, 4.69) is 0 Å².